The first-order chi connectivity index (χ1) is 13.5. The van der Waals surface area contributed by atoms with Gasteiger partial charge in [0.05, 0.1) is 13.7 Å². The van der Waals surface area contributed by atoms with Gasteiger partial charge in [0.15, 0.2) is 0 Å². The number of sulfonamides is 1. The van der Waals surface area contributed by atoms with E-state index in [0.717, 1.165) is 17.7 Å². The number of amides is 1. The molecule has 7 nitrogen and oxygen atoms in total. The van der Waals surface area contributed by atoms with Crippen molar-refractivity contribution >= 4 is 27.3 Å². The maximum absolute atomic E-state index is 12.5. The van der Waals surface area contributed by atoms with E-state index in [0.29, 0.717) is 36.9 Å². The van der Waals surface area contributed by atoms with Crippen LogP contribution in [0.2, 0.25) is 0 Å². The van der Waals surface area contributed by atoms with Crippen molar-refractivity contribution in [3.63, 3.8) is 0 Å². The predicted molar refractivity (Wildman–Crippen MR) is 109 cm³/mol. The van der Waals surface area contributed by atoms with Crippen molar-refractivity contribution in [2.75, 3.05) is 46.4 Å². The van der Waals surface area contributed by atoms with Gasteiger partial charge in [0.1, 0.15) is 9.96 Å². The second kappa shape index (κ2) is 9.51. The largest absolute Gasteiger partial charge is 0.497 e. The zero-order valence-electron chi connectivity index (χ0n) is 15.8. The van der Waals surface area contributed by atoms with Crippen LogP contribution in [0.25, 0.3) is 0 Å². The van der Waals surface area contributed by atoms with Crippen LogP contribution < -0.4 is 10.1 Å². The van der Waals surface area contributed by atoms with E-state index in [2.05, 4.69) is 5.32 Å². The molecule has 0 atom stereocenters. The number of thiophene rings is 1. The lowest BCUT2D eigenvalue weighted by atomic mass is 10.1. The minimum absolute atomic E-state index is 0.0388. The zero-order chi connectivity index (χ0) is 20.0. The van der Waals surface area contributed by atoms with Crippen molar-refractivity contribution in [1.82, 2.24) is 14.5 Å². The Bertz CT molecular complexity index is 859. The maximum atomic E-state index is 12.5. The molecule has 2 aromatic rings. The number of nitrogens with zero attached hydrogens (tertiary/aromatic N) is 2. The van der Waals surface area contributed by atoms with E-state index in [1.807, 2.05) is 29.2 Å². The Morgan fingerprint density at radius 3 is 2.46 bits per heavy atom. The average Bonchev–Trinajstić information content (AvgIpc) is 3.25. The van der Waals surface area contributed by atoms with Crippen LogP contribution in [0.4, 0.5) is 0 Å². The SMILES string of the molecule is COc1ccc(CCNC(=O)CN2CCN(S(=O)(=O)c3cccs3)CC2)cc1. The molecule has 1 aromatic heterocycles. The first-order valence-corrected chi connectivity index (χ1v) is 11.5. The number of piperazine rings is 1. The summed E-state index contributed by atoms with van der Waals surface area (Å²) in [5.74, 6) is 0.774. The molecule has 1 aromatic carbocycles. The number of carbonyl (C=O) groups excluding carboxylic acids is 1. The summed E-state index contributed by atoms with van der Waals surface area (Å²) in [4.78, 5) is 14.2. The third-order valence-electron chi connectivity index (χ3n) is 4.68. The van der Waals surface area contributed by atoms with Gasteiger partial charge in [-0.3, -0.25) is 9.69 Å². The maximum Gasteiger partial charge on any atom is 0.252 e. The summed E-state index contributed by atoms with van der Waals surface area (Å²) in [5.41, 5.74) is 1.13. The molecule has 1 saturated heterocycles. The number of nitrogens with one attached hydrogen (secondary N) is 1. The number of ether oxygens (including phenoxy) is 1. The summed E-state index contributed by atoms with van der Waals surface area (Å²) in [5, 5.41) is 4.69. The molecule has 0 unspecified atom stereocenters. The lowest BCUT2D eigenvalue weighted by Crippen LogP contribution is -2.51. The van der Waals surface area contributed by atoms with Gasteiger partial charge in [-0.2, -0.15) is 4.31 Å². The molecular weight excluding hydrogens is 398 g/mol. The Labute approximate surface area is 170 Å². The summed E-state index contributed by atoms with van der Waals surface area (Å²) >= 11 is 1.23. The van der Waals surface area contributed by atoms with Crippen LogP contribution in [0.5, 0.6) is 5.75 Å². The molecular formula is C19H25N3O4S2. The van der Waals surface area contributed by atoms with Crippen LogP contribution in [0, 0.1) is 0 Å². The standard InChI is InChI=1S/C19H25N3O4S2/c1-26-17-6-4-16(5-7-17)8-9-20-18(23)15-21-10-12-22(13-11-21)28(24,25)19-3-2-14-27-19/h2-7,14H,8-13,15H2,1H3,(H,20,23). The number of rotatable bonds is 8. The van der Waals surface area contributed by atoms with Crippen molar-refractivity contribution in [2.24, 2.45) is 0 Å². The van der Waals surface area contributed by atoms with E-state index in [9.17, 15) is 13.2 Å². The van der Waals surface area contributed by atoms with E-state index >= 15 is 0 Å². The Hall–Kier alpha value is -1.94. The number of carbonyl (C=O) groups is 1. The Morgan fingerprint density at radius 1 is 1.14 bits per heavy atom. The molecule has 0 radical (unpaired) electrons. The van der Waals surface area contributed by atoms with Gasteiger partial charge >= 0.3 is 0 Å². The topological polar surface area (TPSA) is 79.0 Å². The fraction of sp³-hybridized carbons (Fsp3) is 0.421. The highest BCUT2D eigenvalue weighted by Crippen LogP contribution is 2.21. The highest BCUT2D eigenvalue weighted by Gasteiger charge is 2.29. The van der Waals surface area contributed by atoms with Crippen molar-refractivity contribution < 1.29 is 17.9 Å². The minimum atomic E-state index is -3.40. The summed E-state index contributed by atoms with van der Waals surface area (Å²) in [6.45, 7) is 2.76. The van der Waals surface area contributed by atoms with Crippen molar-refractivity contribution in [3.8, 4) is 5.75 Å². The second-order valence-corrected chi connectivity index (χ2v) is 9.67. The monoisotopic (exact) mass is 423 g/mol. The third-order valence-corrected chi connectivity index (χ3v) is 7.95. The van der Waals surface area contributed by atoms with Gasteiger partial charge in [-0.05, 0) is 35.6 Å². The third kappa shape index (κ3) is 5.32. The first kappa shape index (κ1) is 20.8. The Morgan fingerprint density at radius 2 is 1.86 bits per heavy atom. The lowest BCUT2D eigenvalue weighted by Gasteiger charge is -2.33. The fourth-order valence-electron chi connectivity index (χ4n) is 3.06. The molecule has 0 saturated carbocycles. The number of benzene rings is 1. The van der Waals surface area contributed by atoms with Gasteiger partial charge in [0.2, 0.25) is 5.91 Å². The van der Waals surface area contributed by atoms with Gasteiger partial charge in [-0.15, -0.1) is 11.3 Å². The highest BCUT2D eigenvalue weighted by molar-refractivity contribution is 7.91. The molecule has 9 heteroatoms. The van der Waals surface area contributed by atoms with E-state index < -0.39 is 10.0 Å². The summed E-state index contributed by atoms with van der Waals surface area (Å²) in [6.07, 6.45) is 0.753. The summed E-state index contributed by atoms with van der Waals surface area (Å²) in [7, 11) is -1.77. The number of methoxy groups -OCH3 is 1. The fourth-order valence-corrected chi connectivity index (χ4v) is 5.63. The molecule has 1 N–H and O–H groups in total. The second-order valence-electron chi connectivity index (χ2n) is 6.56. The van der Waals surface area contributed by atoms with Crippen LogP contribution in [-0.4, -0.2) is 69.9 Å². The van der Waals surface area contributed by atoms with E-state index in [4.69, 9.17) is 4.74 Å². The van der Waals surface area contributed by atoms with Gasteiger partial charge in [0.25, 0.3) is 10.0 Å². The summed E-state index contributed by atoms with van der Waals surface area (Å²) in [6, 6.07) is 11.1. The molecule has 152 valence electrons. The Kier molecular flexibility index (Phi) is 7.06. The van der Waals surface area contributed by atoms with Gasteiger partial charge < -0.3 is 10.1 Å². The number of hydrogen-bond donors (Lipinski definition) is 1. The van der Waals surface area contributed by atoms with Gasteiger partial charge in [-0.1, -0.05) is 18.2 Å². The normalized spacial score (nSPS) is 16.0. The van der Waals surface area contributed by atoms with Crippen LogP contribution in [-0.2, 0) is 21.2 Å². The van der Waals surface area contributed by atoms with Crippen LogP contribution >= 0.6 is 11.3 Å². The first-order valence-electron chi connectivity index (χ1n) is 9.14. The molecule has 1 aliphatic heterocycles. The molecule has 28 heavy (non-hydrogen) atoms. The van der Waals surface area contributed by atoms with Gasteiger partial charge in [0, 0.05) is 32.7 Å². The molecule has 0 aliphatic carbocycles. The lowest BCUT2D eigenvalue weighted by molar-refractivity contribution is -0.122. The average molecular weight is 424 g/mol. The van der Waals surface area contributed by atoms with Crippen molar-refractivity contribution in [2.45, 2.75) is 10.6 Å². The zero-order valence-corrected chi connectivity index (χ0v) is 17.5. The molecule has 1 aliphatic rings. The molecule has 3 rings (SSSR count). The molecule has 1 amide bonds. The van der Waals surface area contributed by atoms with Crippen molar-refractivity contribution in [3.05, 3.63) is 47.3 Å². The predicted octanol–water partition coefficient (Wildman–Crippen LogP) is 1.42. The summed E-state index contributed by atoms with van der Waals surface area (Å²) < 4.78 is 32.0. The molecule has 2 heterocycles. The van der Waals surface area contributed by atoms with Crippen LogP contribution in [0.1, 0.15) is 5.56 Å². The minimum Gasteiger partial charge on any atom is -0.497 e. The number of hydrogen-bond acceptors (Lipinski definition) is 6. The molecule has 1 fully saturated rings. The quantitative estimate of drug-likeness (QED) is 0.695. The van der Waals surface area contributed by atoms with E-state index in [-0.39, 0.29) is 12.5 Å². The smallest absolute Gasteiger partial charge is 0.252 e. The highest BCUT2D eigenvalue weighted by atomic mass is 32.2. The van der Waals surface area contributed by atoms with Crippen LogP contribution in [0.3, 0.4) is 0 Å². The van der Waals surface area contributed by atoms with Crippen molar-refractivity contribution in [1.29, 1.82) is 0 Å². The molecule has 0 bridgehead atoms. The van der Waals surface area contributed by atoms with E-state index in [1.165, 1.54) is 15.6 Å². The Balaban J connectivity index is 1.39. The van der Waals surface area contributed by atoms with Gasteiger partial charge in [-0.25, -0.2) is 8.42 Å². The van der Waals surface area contributed by atoms with Crippen LogP contribution in [0.15, 0.2) is 46.0 Å². The molecule has 0 spiro atoms. The van der Waals surface area contributed by atoms with E-state index in [1.54, 1.807) is 24.6 Å².